The highest BCUT2D eigenvalue weighted by atomic mass is 16.3. The topological polar surface area (TPSA) is 49.5 Å². The van der Waals surface area contributed by atoms with Crippen LogP contribution in [0.2, 0.25) is 0 Å². The van der Waals surface area contributed by atoms with Crippen molar-refractivity contribution >= 4 is 0 Å². The minimum absolute atomic E-state index is 0.166. The number of aliphatic hydroxyl groups excluding tert-OH is 1. The predicted octanol–water partition coefficient (Wildman–Crippen LogP) is 0.971. The van der Waals surface area contributed by atoms with Crippen LogP contribution in [0.4, 0.5) is 0 Å². The van der Waals surface area contributed by atoms with Crippen molar-refractivity contribution in [1.82, 2.24) is 4.90 Å². The molecule has 1 heterocycles. The molecule has 0 spiro atoms. The van der Waals surface area contributed by atoms with Gasteiger partial charge in [0.15, 0.2) is 0 Å². The Kier molecular flexibility index (Phi) is 3.93. The van der Waals surface area contributed by atoms with Gasteiger partial charge in [0.2, 0.25) is 0 Å². The average molecular weight is 220 g/mol. The largest absolute Gasteiger partial charge is 0.393 e. The van der Waals surface area contributed by atoms with E-state index in [1.54, 1.807) is 0 Å². The summed E-state index contributed by atoms with van der Waals surface area (Å²) in [6.45, 7) is 2.51. The van der Waals surface area contributed by atoms with Crippen LogP contribution < -0.4 is 5.73 Å². The first-order valence-corrected chi connectivity index (χ1v) is 5.95. The number of benzene rings is 1. The molecule has 2 unspecified atom stereocenters. The molecule has 3 N–H and O–H groups in total. The number of piperidine rings is 1. The van der Waals surface area contributed by atoms with Crippen LogP contribution in [0, 0.1) is 0 Å². The molecule has 0 aliphatic carbocycles. The van der Waals surface area contributed by atoms with Crippen molar-refractivity contribution in [3.63, 3.8) is 0 Å². The highest BCUT2D eigenvalue weighted by molar-refractivity contribution is 5.14. The molecule has 0 bridgehead atoms. The van der Waals surface area contributed by atoms with Gasteiger partial charge in [0, 0.05) is 25.7 Å². The van der Waals surface area contributed by atoms with Gasteiger partial charge in [0.25, 0.3) is 0 Å². The van der Waals surface area contributed by atoms with Gasteiger partial charge in [-0.15, -0.1) is 0 Å². The van der Waals surface area contributed by atoms with E-state index < -0.39 is 0 Å². The lowest BCUT2D eigenvalue weighted by Crippen LogP contribution is -2.47. The van der Waals surface area contributed by atoms with Gasteiger partial charge >= 0.3 is 0 Å². The zero-order valence-corrected chi connectivity index (χ0v) is 9.55. The zero-order valence-electron chi connectivity index (χ0n) is 9.55. The van der Waals surface area contributed by atoms with Crippen LogP contribution in [0.25, 0.3) is 0 Å². The molecule has 2 atom stereocenters. The normalized spacial score (nSPS) is 26.9. The number of likely N-dealkylation sites (tertiary alicyclic amines) is 1. The third kappa shape index (κ3) is 2.82. The van der Waals surface area contributed by atoms with Crippen molar-refractivity contribution < 1.29 is 5.11 Å². The van der Waals surface area contributed by atoms with Crippen LogP contribution in [-0.2, 0) is 6.54 Å². The number of aliphatic hydroxyl groups is 1. The van der Waals surface area contributed by atoms with Crippen molar-refractivity contribution in [2.75, 3.05) is 13.1 Å². The summed E-state index contributed by atoms with van der Waals surface area (Å²) in [6.07, 6.45) is 1.51. The Morgan fingerprint density at radius 1 is 1.31 bits per heavy atom. The van der Waals surface area contributed by atoms with Crippen molar-refractivity contribution in [2.24, 2.45) is 5.73 Å². The molecule has 1 aromatic rings. The number of nitrogens with zero attached hydrogens (tertiary/aromatic N) is 1. The summed E-state index contributed by atoms with van der Waals surface area (Å²) in [5, 5.41) is 9.61. The molecule has 1 aliphatic rings. The highest BCUT2D eigenvalue weighted by Gasteiger charge is 2.25. The first kappa shape index (κ1) is 11.6. The summed E-state index contributed by atoms with van der Waals surface area (Å²) in [7, 11) is 0. The highest BCUT2D eigenvalue weighted by Crippen LogP contribution is 2.19. The van der Waals surface area contributed by atoms with Crippen molar-refractivity contribution in [3.8, 4) is 0 Å². The van der Waals surface area contributed by atoms with Crippen LogP contribution >= 0.6 is 0 Å². The summed E-state index contributed by atoms with van der Waals surface area (Å²) in [5.41, 5.74) is 7.07. The second-order valence-corrected chi connectivity index (χ2v) is 4.52. The van der Waals surface area contributed by atoms with Gasteiger partial charge in [-0.3, -0.25) is 4.90 Å². The predicted molar refractivity (Wildman–Crippen MR) is 64.9 cm³/mol. The summed E-state index contributed by atoms with van der Waals surface area (Å²) >= 11 is 0. The lowest BCUT2D eigenvalue weighted by atomic mass is 9.99. The molecule has 16 heavy (non-hydrogen) atoms. The molecule has 2 rings (SSSR count). The molecular weight excluding hydrogens is 200 g/mol. The van der Waals surface area contributed by atoms with E-state index in [9.17, 15) is 5.11 Å². The smallest absolute Gasteiger partial charge is 0.0567 e. The van der Waals surface area contributed by atoms with Crippen molar-refractivity contribution in [2.45, 2.75) is 31.5 Å². The second kappa shape index (κ2) is 5.43. The summed E-state index contributed by atoms with van der Waals surface area (Å²) < 4.78 is 0. The molecule has 1 aromatic carbocycles. The minimum Gasteiger partial charge on any atom is -0.393 e. The van der Waals surface area contributed by atoms with Gasteiger partial charge in [-0.05, 0) is 18.4 Å². The first-order valence-electron chi connectivity index (χ1n) is 5.95. The van der Waals surface area contributed by atoms with Gasteiger partial charge < -0.3 is 10.8 Å². The molecule has 3 nitrogen and oxygen atoms in total. The van der Waals surface area contributed by atoms with Gasteiger partial charge in [-0.2, -0.15) is 0 Å². The molecule has 0 aromatic heterocycles. The molecule has 0 saturated carbocycles. The van der Waals surface area contributed by atoms with E-state index in [1.165, 1.54) is 5.56 Å². The van der Waals surface area contributed by atoms with E-state index in [4.69, 9.17) is 5.73 Å². The Morgan fingerprint density at radius 2 is 2.06 bits per heavy atom. The third-order valence-electron chi connectivity index (χ3n) is 3.31. The monoisotopic (exact) mass is 220 g/mol. The first-order chi connectivity index (χ1) is 7.79. The van der Waals surface area contributed by atoms with Gasteiger partial charge in [-0.25, -0.2) is 0 Å². The Labute approximate surface area is 96.9 Å². The molecule has 88 valence electrons. The second-order valence-electron chi connectivity index (χ2n) is 4.52. The van der Waals surface area contributed by atoms with Gasteiger partial charge in [0.1, 0.15) is 0 Å². The van der Waals surface area contributed by atoms with Crippen LogP contribution in [0.3, 0.4) is 0 Å². The average Bonchev–Trinajstić information content (AvgIpc) is 2.33. The summed E-state index contributed by atoms with van der Waals surface area (Å²) in [4.78, 5) is 2.38. The van der Waals surface area contributed by atoms with Crippen LogP contribution in [0.1, 0.15) is 18.4 Å². The fraction of sp³-hybridized carbons (Fsp3) is 0.538. The van der Waals surface area contributed by atoms with E-state index >= 15 is 0 Å². The lowest BCUT2D eigenvalue weighted by Gasteiger charge is -2.37. The molecule has 3 heteroatoms. The fourth-order valence-corrected chi connectivity index (χ4v) is 2.35. The van der Waals surface area contributed by atoms with E-state index in [0.717, 1.165) is 25.9 Å². The SMILES string of the molecule is NCC1CC(O)CCN1Cc1ccccc1. The van der Waals surface area contributed by atoms with E-state index in [1.807, 2.05) is 6.07 Å². The Balaban J connectivity index is 1.98. The number of nitrogens with two attached hydrogens (primary N) is 1. The third-order valence-corrected chi connectivity index (χ3v) is 3.31. The summed E-state index contributed by atoms with van der Waals surface area (Å²) in [5.74, 6) is 0. The number of rotatable bonds is 3. The molecule has 1 fully saturated rings. The van der Waals surface area contributed by atoms with E-state index in [2.05, 4.69) is 29.2 Å². The van der Waals surface area contributed by atoms with E-state index in [0.29, 0.717) is 12.6 Å². The van der Waals surface area contributed by atoms with E-state index in [-0.39, 0.29) is 6.10 Å². The maximum atomic E-state index is 9.61. The van der Waals surface area contributed by atoms with Crippen LogP contribution in [0.5, 0.6) is 0 Å². The van der Waals surface area contributed by atoms with Gasteiger partial charge in [-0.1, -0.05) is 30.3 Å². The van der Waals surface area contributed by atoms with Crippen LogP contribution in [-0.4, -0.2) is 35.2 Å². The van der Waals surface area contributed by atoms with Gasteiger partial charge in [0.05, 0.1) is 6.10 Å². The maximum Gasteiger partial charge on any atom is 0.0567 e. The standard InChI is InChI=1S/C13H20N2O/c14-9-12-8-13(16)6-7-15(12)10-11-4-2-1-3-5-11/h1-5,12-13,16H,6-10,14H2. The van der Waals surface area contributed by atoms with Crippen molar-refractivity contribution in [3.05, 3.63) is 35.9 Å². The number of hydrogen-bond donors (Lipinski definition) is 2. The van der Waals surface area contributed by atoms with Crippen molar-refractivity contribution in [1.29, 1.82) is 0 Å². The Morgan fingerprint density at radius 3 is 2.75 bits per heavy atom. The quantitative estimate of drug-likeness (QED) is 0.798. The lowest BCUT2D eigenvalue weighted by molar-refractivity contribution is 0.0404. The van der Waals surface area contributed by atoms with Crippen LogP contribution in [0.15, 0.2) is 30.3 Å². The molecule has 1 saturated heterocycles. The Hall–Kier alpha value is -0.900. The maximum absolute atomic E-state index is 9.61. The zero-order chi connectivity index (χ0) is 11.4. The molecule has 0 amide bonds. The Bertz CT molecular complexity index is 315. The summed E-state index contributed by atoms with van der Waals surface area (Å²) in [6, 6.07) is 10.8. The number of hydrogen-bond acceptors (Lipinski definition) is 3. The minimum atomic E-state index is -0.166. The molecule has 1 aliphatic heterocycles. The molecule has 0 radical (unpaired) electrons. The fourth-order valence-electron chi connectivity index (χ4n) is 2.35. The molecular formula is C13H20N2O.